The molecule has 0 aliphatic rings. The fourth-order valence-corrected chi connectivity index (χ4v) is 2.98. The van der Waals surface area contributed by atoms with Gasteiger partial charge in [-0.05, 0) is 42.6 Å². The van der Waals surface area contributed by atoms with E-state index in [1.807, 2.05) is 30.5 Å². The quantitative estimate of drug-likeness (QED) is 0.737. The molecule has 2 heterocycles. The van der Waals surface area contributed by atoms with E-state index in [4.69, 9.17) is 0 Å². The zero-order chi connectivity index (χ0) is 17.6. The minimum absolute atomic E-state index is 0.234. The second-order valence-electron chi connectivity index (χ2n) is 5.46. The highest BCUT2D eigenvalue weighted by Gasteiger charge is 2.14. The molecule has 3 aromatic rings. The van der Waals surface area contributed by atoms with E-state index in [0.29, 0.717) is 23.4 Å². The van der Waals surface area contributed by atoms with Gasteiger partial charge in [0, 0.05) is 11.1 Å². The zero-order valence-electron chi connectivity index (χ0n) is 13.7. The van der Waals surface area contributed by atoms with Crippen LogP contribution in [0.3, 0.4) is 0 Å². The van der Waals surface area contributed by atoms with Crippen molar-refractivity contribution in [2.75, 3.05) is 5.32 Å². The lowest BCUT2D eigenvalue weighted by Crippen LogP contribution is -2.25. The molecule has 0 fully saturated rings. The highest BCUT2D eigenvalue weighted by molar-refractivity contribution is 7.08. The predicted molar refractivity (Wildman–Crippen MR) is 98.9 cm³/mol. The smallest absolute Gasteiger partial charge is 0.256 e. The Kier molecular flexibility index (Phi) is 5.20. The van der Waals surface area contributed by atoms with Crippen molar-refractivity contribution < 1.29 is 9.59 Å². The largest absolute Gasteiger partial charge is 0.346 e. The summed E-state index contributed by atoms with van der Waals surface area (Å²) in [4.78, 5) is 29.1. The number of rotatable bonds is 5. The van der Waals surface area contributed by atoms with Gasteiger partial charge >= 0.3 is 0 Å². The van der Waals surface area contributed by atoms with Gasteiger partial charge in [-0.25, -0.2) is 0 Å². The number of hydrogen-bond donors (Lipinski definition) is 2. The second-order valence-corrected chi connectivity index (χ2v) is 6.24. The summed E-state index contributed by atoms with van der Waals surface area (Å²) in [5.41, 5.74) is 3.15. The average molecular weight is 351 g/mol. The Morgan fingerprint density at radius 3 is 2.64 bits per heavy atom. The number of carbonyl (C=O) groups excluding carboxylic acids is 2. The minimum atomic E-state index is -0.260. The highest BCUT2D eigenvalue weighted by Crippen LogP contribution is 2.17. The maximum Gasteiger partial charge on any atom is 0.256 e. The van der Waals surface area contributed by atoms with Gasteiger partial charge in [0.25, 0.3) is 11.8 Å². The molecule has 6 heteroatoms. The molecule has 0 saturated carbocycles. The van der Waals surface area contributed by atoms with Crippen molar-refractivity contribution in [3.05, 3.63) is 81.8 Å². The molecule has 0 saturated heterocycles. The first-order valence-electron chi connectivity index (χ1n) is 7.77. The van der Waals surface area contributed by atoms with Crippen LogP contribution in [0.25, 0.3) is 0 Å². The number of nitrogens with one attached hydrogen (secondary N) is 2. The molecule has 0 aliphatic heterocycles. The summed E-state index contributed by atoms with van der Waals surface area (Å²) < 4.78 is 0. The minimum Gasteiger partial charge on any atom is -0.346 e. The molecule has 0 spiro atoms. The van der Waals surface area contributed by atoms with Crippen molar-refractivity contribution in [3.8, 4) is 0 Å². The van der Waals surface area contributed by atoms with Crippen molar-refractivity contribution in [3.63, 3.8) is 0 Å². The lowest BCUT2D eigenvalue weighted by Gasteiger charge is -2.11. The van der Waals surface area contributed by atoms with Crippen LogP contribution in [0, 0.1) is 6.92 Å². The van der Waals surface area contributed by atoms with Gasteiger partial charge in [-0.1, -0.05) is 18.2 Å². The average Bonchev–Trinajstić information content (AvgIpc) is 3.15. The molecule has 126 valence electrons. The first kappa shape index (κ1) is 16.9. The topological polar surface area (TPSA) is 71.1 Å². The summed E-state index contributed by atoms with van der Waals surface area (Å²) in [5, 5.41) is 9.23. The Bertz CT molecular complexity index is 891. The number of pyridine rings is 1. The van der Waals surface area contributed by atoms with Crippen LogP contribution in [-0.2, 0) is 6.54 Å². The Balaban J connectivity index is 1.71. The summed E-state index contributed by atoms with van der Waals surface area (Å²) in [6.07, 6.45) is 0. The number of aryl methyl sites for hydroxylation is 1. The molecule has 2 aromatic heterocycles. The molecule has 0 bridgehead atoms. The van der Waals surface area contributed by atoms with E-state index in [0.717, 1.165) is 11.4 Å². The van der Waals surface area contributed by atoms with Gasteiger partial charge in [-0.3, -0.25) is 14.6 Å². The first-order valence-corrected chi connectivity index (χ1v) is 8.71. The van der Waals surface area contributed by atoms with E-state index >= 15 is 0 Å². The van der Waals surface area contributed by atoms with E-state index in [1.54, 1.807) is 35.7 Å². The van der Waals surface area contributed by atoms with Gasteiger partial charge in [0.15, 0.2) is 0 Å². The van der Waals surface area contributed by atoms with E-state index in [9.17, 15) is 9.59 Å². The van der Waals surface area contributed by atoms with Crippen molar-refractivity contribution in [2.24, 2.45) is 0 Å². The summed E-state index contributed by atoms with van der Waals surface area (Å²) in [5.74, 6) is -0.494. The molecule has 3 rings (SSSR count). The first-order chi connectivity index (χ1) is 12.1. The van der Waals surface area contributed by atoms with Crippen LogP contribution < -0.4 is 10.6 Å². The molecular weight excluding hydrogens is 334 g/mol. The number of nitrogens with zero attached hydrogens (tertiary/aromatic N) is 1. The highest BCUT2D eigenvalue weighted by atomic mass is 32.1. The van der Waals surface area contributed by atoms with E-state index in [1.165, 1.54) is 11.3 Å². The third-order valence-corrected chi connectivity index (χ3v) is 4.26. The van der Waals surface area contributed by atoms with Crippen molar-refractivity contribution in [2.45, 2.75) is 13.5 Å². The van der Waals surface area contributed by atoms with Gasteiger partial charge in [0.05, 0.1) is 29.1 Å². The number of carbonyl (C=O) groups is 2. The fraction of sp³-hybridized carbons (Fsp3) is 0.105. The number of benzene rings is 1. The van der Waals surface area contributed by atoms with Crippen LogP contribution in [0.2, 0.25) is 0 Å². The molecule has 0 atom stereocenters. The Morgan fingerprint density at radius 2 is 1.88 bits per heavy atom. The lowest BCUT2D eigenvalue weighted by atomic mass is 10.1. The summed E-state index contributed by atoms with van der Waals surface area (Å²) in [7, 11) is 0. The Hall–Kier alpha value is -2.99. The maximum absolute atomic E-state index is 12.5. The number of amides is 2. The zero-order valence-corrected chi connectivity index (χ0v) is 14.5. The number of para-hydroxylation sites is 1. The van der Waals surface area contributed by atoms with E-state index in [2.05, 4.69) is 15.6 Å². The van der Waals surface area contributed by atoms with Crippen LogP contribution in [0.4, 0.5) is 5.69 Å². The van der Waals surface area contributed by atoms with Crippen LogP contribution in [-0.4, -0.2) is 16.8 Å². The van der Waals surface area contributed by atoms with Gasteiger partial charge in [-0.15, -0.1) is 0 Å². The number of hydrogen-bond acceptors (Lipinski definition) is 4. The summed E-state index contributed by atoms with van der Waals surface area (Å²) in [6, 6.07) is 14.3. The van der Waals surface area contributed by atoms with Gasteiger partial charge < -0.3 is 10.6 Å². The van der Waals surface area contributed by atoms with Crippen molar-refractivity contribution in [1.82, 2.24) is 10.3 Å². The van der Waals surface area contributed by atoms with E-state index < -0.39 is 0 Å². The fourth-order valence-electron chi connectivity index (χ4n) is 2.34. The summed E-state index contributed by atoms with van der Waals surface area (Å²) in [6.45, 7) is 2.23. The number of thiophene rings is 1. The van der Waals surface area contributed by atoms with E-state index in [-0.39, 0.29) is 11.8 Å². The summed E-state index contributed by atoms with van der Waals surface area (Å²) >= 11 is 1.45. The molecule has 0 unspecified atom stereocenters. The monoisotopic (exact) mass is 351 g/mol. The van der Waals surface area contributed by atoms with Crippen LogP contribution in [0.1, 0.15) is 32.1 Å². The second kappa shape index (κ2) is 7.72. The number of anilines is 1. The Labute approximate surface area is 149 Å². The molecule has 5 nitrogen and oxygen atoms in total. The van der Waals surface area contributed by atoms with Crippen LogP contribution in [0.15, 0.2) is 59.3 Å². The molecule has 2 N–H and O–H groups in total. The van der Waals surface area contributed by atoms with Crippen molar-refractivity contribution >= 4 is 28.8 Å². The SMILES string of the molecule is Cc1cccc(CNC(=O)c2ccccc2NC(=O)c2ccsc2)n1. The third-order valence-electron chi connectivity index (χ3n) is 3.58. The standard InChI is InChI=1S/C19H17N3O2S/c1-13-5-4-6-15(21-13)11-20-19(24)16-7-2-3-8-17(16)22-18(23)14-9-10-25-12-14/h2-10,12H,11H2,1H3,(H,20,24)(H,22,23). The Morgan fingerprint density at radius 1 is 1.04 bits per heavy atom. The maximum atomic E-state index is 12.5. The molecule has 1 aromatic carbocycles. The normalized spacial score (nSPS) is 10.3. The van der Waals surface area contributed by atoms with Gasteiger partial charge in [0.1, 0.15) is 0 Å². The molecule has 0 aliphatic carbocycles. The third kappa shape index (κ3) is 4.30. The lowest BCUT2D eigenvalue weighted by molar-refractivity contribution is 0.0951. The molecule has 0 radical (unpaired) electrons. The predicted octanol–water partition coefficient (Wildman–Crippen LogP) is 3.63. The number of aromatic nitrogens is 1. The molecule has 25 heavy (non-hydrogen) atoms. The van der Waals surface area contributed by atoms with Gasteiger partial charge in [-0.2, -0.15) is 11.3 Å². The molecule has 2 amide bonds. The van der Waals surface area contributed by atoms with Crippen molar-refractivity contribution in [1.29, 1.82) is 0 Å². The van der Waals surface area contributed by atoms with Gasteiger partial charge in [0.2, 0.25) is 0 Å². The van der Waals surface area contributed by atoms with Crippen LogP contribution >= 0.6 is 11.3 Å². The van der Waals surface area contributed by atoms with Crippen LogP contribution in [0.5, 0.6) is 0 Å². The molecular formula is C19H17N3O2S.